The molecule has 1 aromatic heterocycles. The SMILES string of the molecule is CC1(C)S[C@H]2C(NC(=O)CBr)C(=O)N2C1c1nnn[nH]1. The van der Waals surface area contributed by atoms with E-state index in [-0.39, 0.29) is 33.3 Å². The molecule has 2 saturated heterocycles. The molecule has 2 N–H and O–H groups in total. The zero-order valence-electron chi connectivity index (χ0n) is 10.8. The maximum Gasteiger partial charge on any atom is 0.249 e. The molecule has 1 aromatic rings. The third-order valence-electron chi connectivity index (χ3n) is 3.50. The number of amides is 2. The number of tetrazole rings is 1. The minimum absolute atomic E-state index is 0.0735. The molecule has 3 atom stereocenters. The summed E-state index contributed by atoms with van der Waals surface area (Å²) < 4.78 is -0.227. The summed E-state index contributed by atoms with van der Waals surface area (Å²) in [5.74, 6) is 0.290. The molecule has 108 valence electrons. The zero-order valence-corrected chi connectivity index (χ0v) is 13.2. The Balaban J connectivity index is 1.84. The Labute approximate surface area is 127 Å². The number of H-pyrrole nitrogens is 1. The van der Waals surface area contributed by atoms with Crippen LogP contribution in [0.4, 0.5) is 0 Å². The van der Waals surface area contributed by atoms with Gasteiger partial charge in [-0.1, -0.05) is 15.9 Å². The van der Waals surface area contributed by atoms with E-state index < -0.39 is 6.04 Å². The van der Waals surface area contributed by atoms with Crippen molar-refractivity contribution in [1.82, 2.24) is 30.8 Å². The molecule has 3 rings (SSSR count). The Bertz CT molecular complexity index is 550. The fourth-order valence-corrected chi connectivity index (χ4v) is 4.48. The molecule has 0 aromatic carbocycles. The summed E-state index contributed by atoms with van der Waals surface area (Å²) in [6.45, 7) is 4.08. The molecule has 0 spiro atoms. The third-order valence-corrected chi connectivity index (χ3v) is 5.58. The van der Waals surface area contributed by atoms with Crippen molar-refractivity contribution in [3.63, 3.8) is 0 Å². The molecular formula is C10H13BrN6O2S. The van der Waals surface area contributed by atoms with Crippen molar-refractivity contribution in [3.05, 3.63) is 5.82 Å². The van der Waals surface area contributed by atoms with Gasteiger partial charge in [0.25, 0.3) is 0 Å². The Morgan fingerprint density at radius 2 is 2.35 bits per heavy atom. The van der Waals surface area contributed by atoms with E-state index in [4.69, 9.17) is 0 Å². The van der Waals surface area contributed by atoms with E-state index in [1.807, 2.05) is 13.8 Å². The number of carbonyl (C=O) groups excluding carboxylic acids is 2. The number of hydrogen-bond acceptors (Lipinski definition) is 6. The van der Waals surface area contributed by atoms with Crippen LogP contribution < -0.4 is 5.32 Å². The van der Waals surface area contributed by atoms with Crippen molar-refractivity contribution in [2.75, 3.05) is 5.33 Å². The number of thioether (sulfide) groups is 1. The predicted molar refractivity (Wildman–Crippen MR) is 74.9 cm³/mol. The molecular weight excluding hydrogens is 348 g/mol. The van der Waals surface area contributed by atoms with Crippen molar-refractivity contribution in [3.8, 4) is 0 Å². The van der Waals surface area contributed by atoms with E-state index in [1.165, 1.54) is 0 Å². The molecule has 2 amide bonds. The van der Waals surface area contributed by atoms with Gasteiger partial charge in [0, 0.05) is 4.75 Å². The van der Waals surface area contributed by atoms with Crippen molar-refractivity contribution >= 4 is 39.5 Å². The molecule has 0 aliphatic carbocycles. The van der Waals surface area contributed by atoms with Gasteiger partial charge in [-0.25, -0.2) is 5.10 Å². The number of halogens is 1. The first-order valence-corrected chi connectivity index (χ1v) is 8.05. The van der Waals surface area contributed by atoms with Crippen molar-refractivity contribution < 1.29 is 9.59 Å². The van der Waals surface area contributed by atoms with Crippen LogP contribution >= 0.6 is 27.7 Å². The summed E-state index contributed by atoms with van der Waals surface area (Å²) in [5.41, 5.74) is 0. The average molecular weight is 361 g/mol. The summed E-state index contributed by atoms with van der Waals surface area (Å²) in [6, 6.07) is -0.678. The van der Waals surface area contributed by atoms with Crippen LogP contribution in [0.5, 0.6) is 0 Å². The predicted octanol–water partition coefficient (Wildman–Crippen LogP) is -0.186. The largest absolute Gasteiger partial charge is 0.341 e. The first-order valence-electron chi connectivity index (χ1n) is 6.04. The molecule has 0 radical (unpaired) electrons. The molecule has 10 heteroatoms. The monoisotopic (exact) mass is 360 g/mol. The molecule has 0 saturated carbocycles. The molecule has 3 heterocycles. The van der Waals surface area contributed by atoms with Gasteiger partial charge in [-0.3, -0.25) is 9.59 Å². The van der Waals surface area contributed by atoms with E-state index in [0.29, 0.717) is 5.82 Å². The van der Waals surface area contributed by atoms with Crippen LogP contribution in [-0.4, -0.2) is 58.8 Å². The summed E-state index contributed by atoms with van der Waals surface area (Å²) in [7, 11) is 0. The van der Waals surface area contributed by atoms with Crippen LogP contribution in [-0.2, 0) is 9.59 Å². The molecule has 2 aliphatic rings. The van der Waals surface area contributed by atoms with Crippen LogP contribution in [0.2, 0.25) is 0 Å². The lowest BCUT2D eigenvalue weighted by atomic mass is 9.95. The summed E-state index contributed by atoms with van der Waals surface area (Å²) in [6.07, 6.45) is 0. The number of β-lactam (4-membered cyclic amide) rings is 1. The third kappa shape index (κ3) is 1.93. The highest BCUT2D eigenvalue weighted by molar-refractivity contribution is 9.09. The van der Waals surface area contributed by atoms with E-state index in [0.717, 1.165) is 0 Å². The van der Waals surface area contributed by atoms with Crippen LogP contribution in [0, 0.1) is 0 Å². The van der Waals surface area contributed by atoms with Gasteiger partial charge in [0.05, 0.1) is 5.33 Å². The Morgan fingerprint density at radius 3 is 2.95 bits per heavy atom. The van der Waals surface area contributed by atoms with E-state index >= 15 is 0 Å². The van der Waals surface area contributed by atoms with Gasteiger partial charge in [-0.05, 0) is 24.3 Å². The van der Waals surface area contributed by atoms with Crippen LogP contribution in [0.15, 0.2) is 0 Å². The van der Waals surface area contributed by atoms with Gasteiger partial charge in [0.2, 0.25) is 11.8 Å². The minimum Gasteiger partial charge on any atom is -0.341 e. The van der Waals surface area contributed by atoms with Gasteiger partial charge in [0.1, 0.15) is 17.5 Å². The van der Waals surface area contributed by atoms with Gasteiger partial charge in [-0.2, -0.15) is 0 Å². The highest BCUT2D eigenvalue weighted by Gasteiger charge is 2.63. The molecule has 2 aliphatic heterocycles. The molecule has 2 unspecified atom stereocenters. The molecule has 2 fully saturated rings. The second-order valence-electron chi connectivity index (χ2n) is 5.23. The second-order valence-corrected chi connectivity index (χ2v) is 7.56. The number of nitrogens with one attached hydrogen (secondary N) is 2. The number of carbonyl (C=O) groups is 2. The molecule has 20 heavy (non-hydrogen) atoms. The van der Waals surface area contributed by atoms with Gasteiger partial charge >= 0.3 is 0 Å². The molecule has 8 nitrogen and oxygen atoms in total. The van der Waals surface area contributed by atoms with Gasteiger partial charge in [-0.15, -0.1) is 16.9 Å². The number of rotatable bonds is 3. The number of aromatic amines is 1. The van der Waals surface area contributed by atoms with Crippen molar-refractivity contribution in [2.45, 2.75) is 36.1 Å². The van der Waals surface area contributed by atoms with Crippen molar-refractivity contribution in [1.29, 1.82) is 0 Å². The smallest absolute Gasteiger partial charge is 0.249 e. The lowest BCUT2D eigenvalue weighted by Crippen LogP contribution is -2.68. The summed E-state index contributed by atoms with van der Waals surface area (Å²) >= 11 is 4.73. The minimum atomic E-state index is -0.467. The number of hydrogen-bond donors (Lipinski definition) is 2. The number of alkyl halides is 1. The first-order chi connectivity index (χ1) is 9.45. The van der Waals surface area contributed by atoms with Gasteiger partial charge in [0.15, 0.2) is 5.82 Å². The van der Waals surface area contributed by atoms with Crippen LogP contribution in [0.3, 0.4) is 0 Å². The maximum atomic E-state index is 12.3. The Hall–Kier alpha value is -1.16. The topological polar surface area (TPSA) is 104 Å². The van der Waals surface area contributed by atoms with Gasteiger partial charge < -0.3 is 10.2 Å². The van der Waals surface area contributed by atoms with Crippen LogP contribution in [0.1, 0.15) is 25.7 Å². The van der Waals surface area contributed by atoms with E-state index in [9.17, 15) is 9.59 Å². The van der Waals surface area contributed by atoms with Crippen LogP contribution in [0.25, 0.3) is 0 Å². The number of fused-ring (bicyclic) bond motifs is 1. The summed E-state index contributed by atoms with van der Waals surface area (Å²) in [4.78, 5) is 25.5. The first kappa shape index (κ1) is 13.8. The highest BCUT2D eigenvalue weighted by atomic mass is 79.9. The normalized spacial score (nSPS) is 30.9. The fraction of sp³-hybridized carbons (Fsp3) is 0.700. The standard InChI is InChI=1S/C10H13BrN6O2S/c1-10(2)6(7-13-15-16-14-7)17-8(19)5(9(17)20-10)12-4(18)3-11/h5-6,9H,3H2,1-2H3,(H,12,18)(H,13,14,15,16)/t5?,6?,9-/m0/s1. The Kier molecular flexibility index (Phi) is 3.24. The van der Waals surface area contributed by atoms with E-state index in [2.05, 4.69) is 41.9 Å². The quantitative estimate of drug-likeness (QED) is 0.572. The highest BCUT2D eigenvalue weighted by Crippen LogP contribution is 2.56. The summed E-state index contributed by atoms with van der Waals surface area (Å²) in [5, 5.41) is 16.7. The second kappa shape index (κ2) is 4.69. The maximum absolute atomic E-state index is 12.3. The zero-order chi connectivity index (χ0) is 14.5. The number of aromatic nitrogens is 4. The lowest BCUT2D eigenvalue weighted by molar-refractivity contribution is -0.151. The average Bonchev–Trinajstić information content (AvgIpc) is 2.99. The molecule has 0 bridgehead atoms. The fourth-order valence-electron chi connectivity index (χ4n) is 2.68. The number of nitrogens with zero attached hydrogens (tertiary/aromatic N) is 4. The van der Waals surface area contributed by atoms with E-state index in [1.54, 1.807) is 16.7 Å². The Morgan fingerprint density at radius 1 is 1.60 bits per heavy atom. The van der Waals surface area contributed by atoms with Crippen molar-refractivity contribution in [2.24, 2.45) is 0 Å². The lowest BCUT2D eigenvalue weighted by Gasteiger charge is -2.44.